The molecule has 12 nitrogen and oxygen atoms in total. The van der Waals surface area contributed by atoms with E-state index < -0.39 is 0 Å². The third-order valence-corrected chi connectivity index (χ3v) is 18.7. The number of fused-ring (bicyclic) bond motifs is 8. The molecular weight excluding hydrogens is 1300 g/mol. The lowest BCUT2D eigenvalue weighted by molar-refractivity contribution is 0.201. The number of benzene rings is 16. The molecule has 0 amide bonds. The summed E-state index contributed by atoms with van der Waals surface area (Å²) in [4.78, 5) is 0. The van der Waals surface area contributed by atoms with E-state index >= 15 is 0 Å². The van der Waals surface area contributed by atoms with Gasteiger partial charge in [-0.1, -0.05) is 243 Å². The number of rotatable bonds is 26. The highest BCUT2D eigenvalue weighted by Crippen LogP contribution is 2.51. The fourth-order valence-electron chi connectivity index (χ4n) is 14.3. The predicted molar refractivity (Wildman–Crippen MR) is 420 cm³/mol. The van der Waals surface area contributed by atoms with Crippen LogP contribution in [0.4, 0.5) is 0 Å². The molecule has 516 valence electrons. The highest BCUT2D eigenvalue weighted by molar-refractivity contribution is 6.14. The zero-order chi connectivity index (χ0) is 70.6. The van der Waals surface area contributed by atoms with Gasteiger partial charge in [0.15, 0.2) is 0 Å². The van der Waals surface area contributed by atoms with Crippen LogP contribution in [0.2, 0.25) is 0 Å². The van der Waals surface area contributed by atoms with E-state index in [2.05, 4.69) is 121 Å². The molecule has 0 unspecified atom stereocenters. The minimum Gasteiger partial charge on any atom is -0.491 e. The lowest BCUT2D eigenvalue weighted by atomic mass is 9.92. The Morgan fingerprint density at radius 3 is 0.404 bits per heavy atom. The second-order valence-electron chi connectivity index (χ2n) is 25.0. The Bertz CT molecular complexity index is 5050. The molecule has 0 spiro atoms. The van der Waals surface area contributed by atoms with Crippen LogP contribution in [0.15, 0.2) is 291 Å². The van der Waals surface area contributed by atoms with Crippen LogP contribution in [-0.2, 0) is 0 Å². The Hall–Kier alpha value is -12.2. The number of hydrogen-bond donors (Lipinski definition) is 4. The van der Waals surface area contributed by atoms with E-state index in [9.17, 15) is 20.4 Å². The molecule has 16 rings (SSSR count). The van der Waals surface area contributed by atoms with Crippen LogP contribution in [0, 0.1) is 0 Å². The van der Waals surface area contributed by atoms with Gasteiger partial charge in [-0.05, 0) is 135 Å². The number of hydrogen-bond acceptors (Lipinski definition) is 12. The molecule has 0 fully saturated rings. The summed E-state index contributed by atoms with van der Waals surface area (Å²) in [5.74, 6) is 5.56. The van der Waals surface area contributed by atoms with Gasteiger partial charge in [0.2, 0.25) is 0 Å². The van der Waals surface area contributed by atoms with E-state index in [0.29, 0.717) is 46.0 Å². The largest absolute Gasteiger partial charge is 0.491 e. The summed E-state index contributed by atoms with van der Waals surface area (Å²) < 4.78 is 51.1. The van der Waals surface area contributed by atoms with Crippen LogP contribution in [0.5, 0.6) is 46.0 Å². The van der Waals surface area contributed by atoms with Gasteiger partial charge in [0.05, 0.1) is 26.4 Å². The van der Waals surface area contributed by atoms with E-state index in [4.69, 9.17) is 37.9 Å². The Morgan fingerprint density at radius 2 is 0.269 bits per heavy atom. The zero-order valence-electron chi connectivity index (χ0n) is 57.3. The SMILES string of the molecule is OCCOc1ccc2ccccc2c1-c1c(OCCOc2ccc3ccccc3c2-c2c(OCCO)ccc3ccccc23)ccc2ccccc12.OCCOc1ccc2ccccc2c1-c1c(OCCOc2ccc3ccccc3c2-c2c(OCCO)ccc3ccccc23)ccc2ccccc12. The first-order valence-corrected chi connectivity index (χ1v) is 35.1. The monoisotopic (exact) mass is 1370 g/mol. The van der Waals surface area contributed by atoms with Crippen LogP contribution >= 0.6 is 0 Å². The molecule has 4 N–H and O–H groups in total. The lowest BCUT2D eigenvalue weighted by Crippen LogP contribution is -2.11. The van der Waals surface area contributed by atoms with Crippen molar-refractivity contribution in [2.24, 2.45) is 0 Å². The Balaban J connectivity index is 0.000000167. The van der Waals surface area contributed by atoms with Crippen LogP contribution in [0.1, 0.15) is 0 Å². The number of aliphatic hydroxyl groups excluding tert-OH is 4. The van der Waals surface area contributed by atoms with Gasteiger partial charge in [-0.3, -0.25) is 0 Å². The molecule has 0 aliphatic rings. The maximum atomic E-state index is 9.64. The first kappa shape index (κ1) is 67.7. The summed E-state index contributed by atoms with van der Waals surface area (Å²) in [6.45, 7) is 1.46. The molecule has 0 aliphatic heterocycles. The highest BCUT2D eigenvalue weighted by Gasteiger charge is 2.25. The third kappa shape index (κ3) is 13.9. The molecule has 0 heterocycles. The van der Waals surface area contributed by atoms with E-state index in [-0.39, 0.29) is 79.3 Å². The topological polar surface area (TPSA) is 155 Å². The normalized spacial score (nSPS) is 11.3. The lowest BCUT2D eigenvalue weighted by Gasteiger charge is -2.21. The van der Waals surface area contributed by atoms with Crippen molar-refractivity contribution in [3.05, 3.63) is 291 Å². The van der Waals surface area contributed by atoms with Crippen LogP contribution in [0.3, 0.4) is 0 Å². The quantitative estimate of drug-likeness (QED) is 0.0382. The molecule has 0 radical (unpaired) electrons. The summed E-state index contributed by atoms with van der Waals surface area (Å²) in [6.07, 6.45) is 0. The average Bonchev–Trinajstić information content (AvgIpc) is 0.773. The molecule has 0 aromatic heterocycles. The zero-order valence-corrected chi connectivity index (χ0v) is 57.3. The summed E-state index contributed by atoms with van der Waals surface area (Å²) in [5.41, 5.74) is 7.38. The standard InChI is InChI=1S/2C46H38O6/c2*47-25-27-49-39-21-17-31-9-1-5-13-35(31)43(39)45-37-15-7-3-11-33(37)19-23-41(45)51-29-30-52-42-24-20-34-12-4-8-16-38(34)46(42)44-36-14-6-2-10-32(36)18-22-40(44)50-28-26-48/h2*1-24,47-48H,25-30H2. The van der Waals surface area contributed by atoms with Crippen molar-refractivity contribution in [1.29, 1.82) is 0 Å². The van der Waals surface area contributed by atoms with E-state index in [1.54, 1.807) is 0 Å². The van der Waals surface area contributed by atoms with E-state index in [1.165, 1.54) is 0 Å². The van der Waals surface area contributed by atoms with E-state index in [0.717, 1.165) is 131 Å². The fourth-order valence-corrected chi connectivity index (χ4v) is 14.3. The van der Waals surface area contributed by atoms with Gasteiger partial charge in [0.1, 0.15) is 98.9 Å². The van der Waals surface area contributed by atoms with Gasteiger partial charge in [0, 0.05) is 44.5 Å². The van der Waals surface area contributed by atoms with Crippen LogP contribution in [0.25, 0.3) is 131 Å². The minimum absolute atomic E-state index is 0.0902. The molecular formula is C92H76O12. The molecule has 0 saturated heterocycles. The Morgan fingerprint density at radius 1 is 0.144 bits per heavy atom. The maximum absolute atomic E-state index is 9.64. The molecule has 104 heavy (non-hydrogen) atoms. The van der Waals surface area contributed by atoms with Crippen molar-refractivity contribution in [2.75, 3.05) is 79.3 Å². The summed E-state index contributed by atoms with van der Waals surface area (Å²) in [6, 6.07) is 98.4. The first-order chi connectivity index (χ1) is 51.5. The van der Waals surface area contributed by atoms with Crippen molar-refractivity contribution in [3.8, 4) is 90.5 Å². The second-order valence-corrected chi connectivity index (χ2v) is 25.0. The summed E-state index contributed by atoms with van der Waals surface area (Å²) in [5, 5.41) is 55.5. The van der Waals surface area contributed by atoms with Crippen LogP contribution < -0.4 is 37.9 Å². The van der Waals surface area contributed by atoms with Gasteiger partial charge < -0.3 is 58.3 Å². The van der Waals surface area contributed by atoms with Crippen molar-refractivity contribution in [1.82, 2.24) is 0 Å². The molecule has 16 aromatic rings. The van der Waals surface area contributed by atoms with Crippen molar-refractivity contribution in [3.63, 3.8) is 0 Å². The summed E-state index contributed by atoms with van der Waals surface area (Å²) in [7, 11) is 0. The summed E-state index contributed by atoms with van der Waals surface area (Å²) >= 11 is 0. The smallest absolute Gasteiger partial charge is 0.128 e. The average molecular weight is 1370 g/mol. The van der Waals surface area contributed by atoms with Gasteiger partial charge in [0.25, 0.3) is 0 Å². The third-order valence-electron chi connectivity index (χ3n) is 18.7. The second kappa shape index (κ2) is 31.8. The molecule has 12 heteroatoms. The molecule has 16 aromatic carbocycles. The Labute approximate surface area is 602 Å². The Kier molecular flexibility index (Phi) is 20.7. The number of ether oxygens (including phenoxy) is 8. The van der Waals surface area contributed by atoms with Crippen molar-refractivity contribution < 1.29 is 58.3 Å². The van der Waals surface area contributed by atoms with Gasteiger partial charge in [-0.2, -0.15) is 0 Å². The maximum Gasteiger partial charge on any atom is 0.128 e. The van der Waals surface area contributed by atoms with Crippen LogP contribution in [-0.4, -0.2) is 99.7 Å². The van der Waals surface area contributed by atoms with Crippen molar-refractivity contribution >= 4 is 86.2 Å². The highest BCUT2D eigenvalue weighted by atomic mass is 16.5. The van der Waals surface area contributed by atoms with Gasteiger partial charge in [-0.15, -0.1) is 0 Å². The molecule has 0 aliphatic carbocycles. The molecule has 0 atom stereocenters. The van der Waals surface area contributed by atoms with Crippen molar-refractivity contribution in [2.45, 2.75) is 0 Å². The predicted octanol–water partition coefficient (Wildman–Crippen LogP) is 19.7. The fraction of sp³-hybridized carbons (Fsp3) is 0.130. The van der Waals surface area contributed by atoms with Gasteiger partial charge >= 0.3 is 0 Å². The minimum atomic E-state index is -0.0902. The van der Waals surface area contributed by atoms with Gasteiger partial charge in [-0.25, -0.2) is 0 Å². The molecule has 0 bridgehead atoms. The first-order valence-electron chi connectivity index (χ1n) is 35.1. The van der Waals surface area contributed by atoms with E-state index in [1.807, 2.05) is 170 Å². The number of aliphatic hydroxyl groups is 4. The molecule has 0 saturated carbocycles.